The van der Waals surface area contributed by atoms with E-state index in [1.165, 1.54) is 11.3 Å². The topological polar surface area (TPSA) is 105 Å². The predicted octanol–water partition coefficient (Wildman–Crippen LogP) is 3.87. The first-order chi connectivity index (χ1) is 16.0. The molecular formula is C25H34N2O6. The van der Waals surface area contributed by atoms with Crippen molar-refractivity contribution in [3.05, 3.63) is 23.8 Å². The molecule has 0 aromatic heterocycles. The third kappa shape index (κ3) is 5.32. The van der Waals surface area contributed by atoms with Crippen molar-refractivity contribution in [3.8, 4) is 5.75 Å². The van der Waals surface area contributed by atoms with Crippen LogP contribution in [0.2, 0.25) is 0 Å². The summed E-state index contributed by atoms with van der Waals surface area (Å²) in [6.45, 7) is 0.942. The van der Waals surface area contributed by atoms with E-state index in [4.69, 9.17) is 9.47 Å². The largest absolute Gasteiger partial charge is 0.482 e. The third-order valence-electron chi connectivity index (χ3n) is 7.35. The molecule has 33 heavy (non-hydrogen) atoms. The molecule has 8 nitrogen and oxygen atoms in total. The Hall–Kier alpha value is -2.61. The quantitative estimate of drug-likeness (QED) is 0.573. The van der Waals surface area contributed by atoms with Crippen molar-refractivity contribution < 1.29 is 29.0 Å². The van der Waals surface area contributed by atoms with E-state index >= 15 is 0 Å². The molecular weight excluding hydrogens is 424 g/mol. The number of rotatable bonds is 8. The molecule has 1 saturated heterocycles. The van der Waals surface area contributed by atoms with Crippen LogP contribution in [0.4, 0.5) is 10.5 Å². The fourth-order valence-corrected chi connectivity index (χ4v) is 5.70. The van der Waals surface area contributed by atoms with Gasteiger partial charge in [0, 0.05) is 44.4 Å². The van der Waals surface area contributed by atoms with Gasteiger partial charge in [0.2, 0.25) is 5.91 Å². The summed E-state index contributed by atoms with van der Waals surface area (Å²) >= 11 is 0. The first-order valence-electron chi connectivity index (χ1n) is 12.1. The molecule has 1 unspecified atom stereocenters. The second kappa shape index (κ2) is 10.5. The van der Waals surface area contributed by atoms with Gasteiger partial charge in [-0.2, -0.15) is 0 Å². The van der Waals surface area contributed by atoms with E-state index in [9.17, 15) is 19.5 Å². The lowest BCUT2D eigenvalue weighted by molar-refractivity contribution is -0.125. The molecule has 2 fully saturated rings. The van der Waals surface area contributed by atoms with Crippen LogP contribution in [0.5, 0.6) is 5.75 Å². The van der Waals surface area contributed by atoms with Gasteiger partial charge in [0.15, 0.2) is 11.9 Å². The first-order valence-corrected chi connectivity index (χ1v) is 12.1. The molecule has 2 heterocycles. The van der Waals surface area contributed by atoms with Gasteiger partial charge in [-0.15, -0.1) is 0 Å². The summed E-state index contributed by atoms with van der Waals surface area (Å²) in [5.74, 6) is 0.903. The number of fused-ring (bicyclic) bond motifs is 1. The van der Waals surface area contributed by atoms with Crippen molar-refractivity contribution in [1.29, 1.82) is 0 Å². The minimum absolute atomic E-state index is 0.0483. The Morgan fingerprint density at radius 3 is 2.70 bits per heavy atom. The van der Waals surface area contributed by atoms with E-state index in [0.717, 1.165) is 37.7 Å². The SMILES string of the molecule is COCCCC(=O)C1Cc2cc(NC(=O)[C@@H]3[C@H](C4CCCCC4)CCN3C(=O)O)ccc2O1. The Labute approximate surface area is 194 Å². The van der Waals surface area contributed by atoms with Gasteiger partial charge in [0.05, 0.1) is 0 Å². The normalized spacial score (nSPS) is 24.9. The van der Waals surface area contributed by atoms with E-state index in [-0.39, 0.29) is 17.6 Å². The number of methoxy groups -OCH3 is 1. The van der Waals surface area contributed by atoms with Crippen molar-refractivity contribution in [1.82, 2.24) is 4.90 Å². The zero-order valence-electron chi connectivity index (χ0n) is 19.3. The number of hydrogen-bond acceptors (Lipinski definition) is 5. The summed E-state index contributed by atoms with van der Waals surface area (Å²) in [5, 5.41) is 12.6. The highest BCUT2D eigenvalue weighted by Crippen LogP contribution is 2.39. The highest BCUT2D eigenvalue weighted by molar-refractivity contribution is 5.97. The van der Waals surface area contributed by atoms with E-state index < -0.39 is 18.2 Å². The molecule has 0 radical (unpaired) electrons. The molecule has 3 aliphatic rings. The number of ether oxygens (including phenoxy) is 2. The maximum atomic E-state index is 13.3. The van der Waals surface area contributed by atoms with Crippen molar-refractivity contribution >= 4 is 23.5 Å². The maximum absolute atomic E-state index is 13.3. The maximum Gasteiger partial charge on any atom is 0.407 e. The molecule has 2 aliphatic heterocycles. The zero-order chi connectivity index (χ0) is 23.4. The van der Waals surface area contributed by atoms with Crippen LogP contribution >= 0.6 is 0 Å². The number of carbonyl (C=O) groups is 3. The van der Waals surface area contributed by atoms with Gasteiger partial charge in [-0.25, -0.2) is 4.79 Å². The van der Waals surface area contributed by atoms with Crippen LogP contribution in [0.1, 0.15) is 56.9 Å². The van der Waals surface area contributed by atoms with Gasteiger partial charge in [-0.05, 0) is 42.9 Å². The van der Waals surface area contributed by atoms with Gasteiger partial charge in [-0.3, -0.25) is 14.5 Å². The number of carbonyl (C=O) groups excluding carboxylic acids is 2. The molecule has 2 N–H and O–H groups in total. The number of benzene rings is 1. The summed E-state index contributed by atoms with van der Waals surface area (Å²) in [4.78, 5) is 38.8. The summed E-state index contributed by atoms with van der Waals surface area (Å²) in [7, 11) is 1.61. The number of Topliss-reactive ketones (excluding diaryl/α,β-unsaturated/α-hetero) is 1. The number of ketones is 1. The smallest absolute Gasteiger partial charge is 0.407 e. The van der Waals surface area contributed by atoms with Gasteiger partial charge in [-0.1, -0.05) is 32.1 Å². The number of nitrogens with zero attached hydrogens (tertiary/aromatic N) is 1. The van der Waals surface area contributed by atoms with Crippen LogP contribution in [0.25, 0.3) is 0 Å². The van der Waals surface area contributed by atoms with Gasteiger partial charge in [0.25, 0.3) is 0 Å². The third-order valence-corrected chi connectivity index (χ3v) is 7.35. The standard InChI is InChI=1S/C25H34N2O6/c1-32-13-5-8-20(28)22-15-17-14-18(9-10-21(17)33-22)26-24(29)23-19(11-12-27(23)25(30)31)16-6-3-2-4-7-16/h9-10,14,16,19,22-23H,2-8,11-13,15H2,1H3,(H,26,29)(H,30,31)/t19-,22?,23-/m0/s1. The van der Waals surface area contributed by atoms with E-state index in [1.54, 1.807) is 19.2 Å². The average Bonchev–Trinajstić information content (AvgIpc) is 3.44. The first kappa shape index (κ1) is 23.5. The van der Waals surface area contributed by atoms with E-state index in [0.29, 0.717) is 49.8 Å². The van der Waals surface area contributed by atoms with Crippen LogP contribution in [0, 0.1) is 11.8 Å². The minimum atomic E-state index is -1.04. The van der Waals surface area contributed by atoms with E-state index in [1.807, 2.05) is 6.07 Å². The Morgan fingerprint density at radius 2 is 1.97 bits per heavy atom. The lowest BCUT2D eigenvalue weighted by Crippen LogP contribution is -2.47. The summed E-state index contributed by atoms with van der Waals surface area (Å²) in [5.41, 5.74) is 1.48. The highest BCUT2D eigenvalue weighted by Gasteiger charge is 2.45. The van der Waals surface area contributed by atoms with Crippen molar-refractivity contribution in [2.45, 2.75) is 69.9 Å². The molecule has 180 valence electrons. The summed E-state index contributed by atoms with van der Waals surface area (Å²) in [6.07, 6.45) is 6.40. The molecule has 4 rings (SSSR count). The van der Waals surface area contributed by atoms with Crippen LogP contribution in [-0.4, -0.2) is 60.2 Å². The lowest BCUT2D eigenvalue weighted by atomic mass is 9.76. The van der Waals surface area contributed by atoms with Crippen LogP contribution in [-0.2, 0) is 20.7 Å². The predicted molar refractivity (Wildman–Crippen MR) is 123 cm³/mol. The molecule has 1 aromatic carbocycles. The molecule has 3 atom stereocenters. The van der Waals surface area contributed by atoms with E-state index in [2.05, 4.69) is 5.32 Å². The van der Waals surface area contributed by atoms with Crippen molar-refractivity contribution in [3.63, 3.8) is 0 Å². The monoisotopic (exact) mass is 458 g/mol. The zero-order valence-corrected chi connectivity index (χ0v) is 19.3. The molecule has 8 heteroatoms. The fourth-order valence-electron chi connectivity index (χ4n) is 5.70. The molecule has 2 amide bonds. The Balaban J connectivity index is 1.42. The molecule has 0 spiro atoms. The number of anilines is 1. The van der Waals surface area contributed by atoms with Gasteiger partial charge in [0.1, 0.15) is 11.8 Å². The number of amides is 2. The summed E-state index contributed by atoms with van der Waals surface area (Å²) < 4.78 is 10.8. The Kier molecular flexibility index (Phi) is 7.53. The van der Waals surface area contributed by atoms with Crippen molar-refractivity contribution in [2.24, 2.45) is 11.8 Å². The second-order valence-corrected chi connectivity index (χ2v) is 9.46. The number of carboxylic acid groups (broad SMARTS) is 1. The molecule has 0 bridgehead atoms. The Morgan fingerprint density at radius 1 is 1.18 bits per heavy atom. The molecule has 1 aromatic rings. The number of nitrogens with one attached hydrogen (secondary N) is 1. The van der Waals surface area contributed by atoms with Gasteiger partial charge < -0.3 is 19.9 Å². The van der Waals surface area contributed by atoms with Crippen LogP contribution < -0.4 is 10.1 Å². The molecule has 1 aliphatic carbocycles. The number of hydrogen-bond donors (Lipinski definition) is 2. The minimum Gasteiger partial charge on any atom is -0.482 e. The average molecular weight is 459 g/mol. The molecule has 1 saturated carbocycles. The van der Waals surface area contributed by atoms with Gasteiger partial charge >= 0.3 is 6.09 Å². The Bertz CT molecular complexity index is 882. The van der Waals surface area contributed by atoms with Crippen LogP contribution in [0.15, 0.2) is 18.2 Å². The fraction of sp³-hybridized carbons (Fsp3) is 0.640. The second-order valence-electron chi connectivity index (χ2n) is 9.46. The lowest BCUT2D eigenvalue weighted by Gasteiger charge is -2.32. The summed E-state index contributed by atoms with van der Waals surface area (Å²) in [6, 6.07) is 4.70. The number of likely N-dealkylation sites (tertiary alicyclic amines) is 1. The van der Waals surface area contributed by atoms with Crippen molar-refractivity contribution in [2.75, 3.05) is 25.6 Å². The highest BCUT2D eigenvalue weighted by atomic mass is 16.5. The van der Waals surface area contributed by atoms with Crippen LogP contribution in [0.3, 0.4) is 0 Å².